The van der Waals surface area contributed by atoms with Crippen LogP contribution in [0.25, 0.3) is 0 Å². The second-order valence-corrected chi connectivity index (χ2v) is 5.15. The van der Waals surface area contributed by atoms with Crippen molar-refractivity contribution in [3.05, 3.63) is 30.1 Å². The Balaban J connectivity index is 2.36. The summed E-state index contributed by atoms with van der Waals surface area (Å²) in [6, 6.07) is 6.46. The average molecular weight is 228 g/mol. The fourth-order valence-corrected chi connectivity index (χ4v) is 2.25. The van der Waals surface area contributed by atoms with Gasteiger partial charge in [-0.2, -0.15) is 0 Å². The van der Waals surface area contributed by atoms with Gasteiger partial charge in [-0.15, -0.1) is 11.8 Å². The van der Waals surface area contributed by atoms with Crippen molar-refractivity contribution in [3.63, 3.8) is 0 Å². The van der Waals surface area contributed by atoms with E-state index >= 15 is 0 Å². The number of hydrogen-bond donors (Lipinski definition) is 1. The fourth-order valence-electron chi connectivity index (χ4n) is 1.36. The molecule has 1 N–H and O–H groups in total. The molecule has 0 saturated heterocycles. The van der Waals surface area contributed by atoms with E-state index in [1.54, 1.807) is 6.07 Å². The van der Waals surface area contributed by atoms with E-state index in [9.17, 15) is 9.50 Å². The first-order valence-corrected chi connectivity index (χ1v) is 6.13. The topological polar surface area (TPSA) is 20.2 Å². The Hall–Kier alpha value is -0.540. The van der Waals surface area contributed by atoms with Crippen LogP contribution >= 0.6 is 11.8 Å². The lowest BCUT2D eigenvalue weighted by Crippen LogP contribution is -2.12. The highest BCUT2D eigenvalue weighted by Crippen LogP contribution is 2.21. The van der Waals surface area contributed by atoms with Crippen molar-refractivity contribution >= 4 is 11.8 Å². The third kappa shape index (κ3) is 5.19. The Kier molecular flexibility index (Phi) is 5.12. The van der Waals surface area contributed by atoms with Crippen LogP contribution in [0, 0.1) is 11.7 Å². The average Bonchev–Trinajstić information content (AvgIpc) is 2.14. The van der Waals surface area contributed by atoms with Crippen LogP contribution in [0.4, 0.5) is 4.39 Å². The smallest absolute Gasteiger partial charge is 0.124 e. The van der Waals surface area contributed by atoms with Gasteiger partial charge >= 0.3 is 0 Å². The summed E-state index contributed by atoms with van der Waals surface area (Å²) in [6.45, 7) is 4.16. The third-order valence-electron chi connectivity index (χ3n) is 1.98. The van der Waals surface area contributed by atoms with Crippen LogP contribution < -0.4 is 0 Å². The zero-order chi connectivity index (χ0) is 11.3. The van der Waals surface area contributed by atoms with E-state index in [4.69, 9.17) is 0 Å². The number of aliphatic hydroxyl groups excluding tert-OH is 1. The molecule has 84 valence electrons. The molecule has 1 aromatic rings. The maximum absolute atomic E-state index is 12.8. The standard InChI is InChI=1S/C12H17FOS/c1-9(2)6-11(14)8-15-12-5-3-4-10(13)7-12/h3-5,7,9,11,14H,6,8H2,1-2H3. The van der Waals surface area contributed by atoms with Crippen LogP contribution in [0.3, 0.4) is 0 Å². The Labute approximate surface area is 94.7 Å². The summed E-state index contributed by atoms with van der Waals surface area (Å²) in [5.74, 6) is 0.896. The largest absolute Gasteiger partial charge is 0.392 e. The third-order valence-corrected chi connectivity index (χ3v) is 3.12. The molecular formula is C12H17FOS. The van der Waals surface area contributed by atoms with Gasteiger partial charge in [0.05, 0.1) is 6.10 Å². The molecule has 1 rings (SSSR count). The summed E-state index contributed by atoms with van der Waals surface area (Å²) in [5.41, 5.74) is 0. The molecule has 1 aromatic carbocycles. The molecule has 1 unspecified atom stereocenters. The Morgan fingerprint density at radius 1 is 1.40 bits per heavy atom. The first kappa shape index (κ1) is 12.5. The van der Waals surface area contributed by atoms with Gasteiger partial charge < -0.3 is 5.11 Å². The number of benzene rings is 1. The zero-order valence-electron chi connectivity index (χ0n) is 9.11. The van der Waals surface area contributed by atoms with Crippen molar-refractivity contribution in [2.75, 3.05) is 5.75 Å². The minimum atomic E-state index is -0.307. The van der Waals surface area contributed by atoms with E-state index in [1.165, 1.54) is 23.9 Å². The highest BCUT2D eigenvalue weighted by atomic mass is 32.2. The SMILES string of the molecule is CC(C)CC(O)CSc1cccc(F)c1. The van der Waals surface area contributed by atoms with Gasteiger partial charge in [-0.25, -0.2) is 4.39 Å². The Morgan fingerprint density at radius 3 is 2.73 bits per heavy atom. The number of halogens is 1. The summed E-state index contributed by atoms with van der Waals surface area (Å²) >= 11 is 1.49. The van der Waals surface area contributed by atoms with E-state index < -0.39 is 0 Å². The van der Waals surface area contributed by atoms with Gasteiger partial charge in [0.25, 0.3) is 0 Å². The normalized spacial score (nSPS) is 13.1. The molecule has 0 fully saturated rings. The van der Waals surface area contributed by atoms with E-state index in [2.05, 4.69) is 13.8 Å². The quantitative estimate of drug-likeness (QED) is 0.780. The highest BCUT2D eigenvalue weighted by Gasteiger charge is 2.07. The maximum Gasteiger partial charge on any atom is 0.124 e. The Morgan fingerprint density at radius 2 is 2.13 bits per heavy atom. The summed E-state index contributed by atoms with van der Waals surface area (Å²) in [7, 11) is 0. The highest BCUT2D eigenvalue weighted by molar-refractivity contribution is 7.99. The van der Waals surface area contributed by atoms with E-state index in [1.807, 2.05) is 6.07 Å². The first-order chi connectivity index (χ1) is 7.08. The summed E-state index contributed by atoms with van der Waals surface area (Å²) in [6.07, 6.45) is 0.487. The lowest BCUT2D eigenvalue weighted by atomic mass is 10.1. The molecule has 0 bridgehead atoms. The van der Waals surface area contributed by atoms with Gasteiger partial charge in [0.15, 0.2) is 0 Å². The zero-order valence-corrected chi connectivity index (χ0v) is 9.93. The van der Waals surface area contributed by atoms with Gasteiger partial charge in [-0.05, 0) is 30.5 Å². The van der Waals surface area contributed by atoms with Gasteiger partial charge in [0, 0.05) is 10.6 Å². The molecule has 0 aliphatic heterocycles. The van der Waals surface area contributed by atoms with Crippen LogP contribution in [0.5, 0.6) is 0 Å². The molecule has 0 aromatic heterocycles. The minimum Gasteiger partial charge on any atom is -0.392 e. The second-order valence-electron chi connectivity index (χ2n) is 4.05. The summed E-state index contributed by atoms with van der Waals surface area (Å²) < 4.78 is 12.8. The van der Waals surface area contributed by atoms with Crippen LogP contribution in [0.1, 0.15) is 20.3 Å². The second kappa shape index (κ2) is 6.13. The summed E-state index contributed by atoms with van der Waals surface area (Å²) in [4.78, 5) is 0.873. The monoisotopic (exact) mass is 228 g/mol. The number of thioether (sulfide) groups is 1. The molecule has 0 spiro atoms. The van der Waals surface area contributed by atoms with Crippen LogP contribution in [-0.2, 0) is 0 Å². The molecule has 0 amide bonds. The summed E-state index contributed by atoms with van der Waals surface area (Å²) in [5, 5.41) is 9.64. The molecule has 15 heavy (non-hydrogen) atoms. The molecule has 0 saturated carbocycles. The maximum atomic E-state index is 12.8. The molecule has 0 radical (unpaired) electrons. The van der Waals surface area contributed by atoms with Crippen molar-refractivity contribution in [1.82, 2.24) is 0 Å². The lowest BCUT2D eigenvalue weighted by molar-refractivity contribution is 0.172. The predicted octanol–water partition coefficient (Wildman–Crippen LogP) is 3.32. The number of hydrogen-bond acceptors (Lipinski definition) is 2. The lowest BCUT2D eigenvalue weighted by Gasteiger charge is -2.12. The molecular weight excluding hydrogens is 211 g/mol. The molecule has 0 aliphatic rings. The van der Waals surface area contributed by atoms with Gasteiger partial charge in [-0.1, -0.05) is 19.9 Å². The molecule has 1 atom stereocenters. The van der Waals surface area contributed by atoms with Crippen LogP contribution in [0.2, 0.25) is 0 Å². The molecule has 0 aliphatic carbocycles. The van der Waals surface area contributed by atoms with Crippen molar-refractivity contribution in [2.24, 2.45) is 5.92 Å². The van der Waals surface area contributed by atoms with Crippen molar-refractivity contribution < 1.29 is 9.50 Å². The van der Waals surface area contributed by atoms with Gasteiger partial charge in [0.2, 0.25) is 0 Å². The number of rotatable bonds is 5. The Bertz CT molecular complexity index is 301. The van der Waals surface area contributed by atoms with Crippen LogP contribution in [0.15, 0.2) is 29.2 Å². The number of aliphatic hydroxyl groups is 1. The van der Waals surface area contributed by atoms with Crippen molar-refractivity contribution in [3.8, 4) is 0 Å². The fraction of sp³-hybridized carbons (Fsp3) is 0.500. The van der Waals surface area contributed by atoms with Gasteiger partial charge in [-0.3, -0.25) is 0 Å². The minimum absolute atomic E-state index is 0.224. The van der Waals surface area contributed by atoms with E-state index in [0.717, 1.165) is 11.3 Å². The molecule has 0 heterocycles. The van der Waals surface area contributed by atoms with Crippen LogP contribution in [-0.4, -0.2) is 17.0 Å². The van der Waals surface area contributed by atoms with E-state index in [-0.39, 0.29) is 11.9 Å². The molecule has 1 nitrogen and oxygen atoms in total. The van der Waals surface area contributed by atoms with Crippen molar-refractivity contribution in [1.29, 1.82) is 0 Å². The molecule has 3 heteroatoms. The van der Waals surface area contributed by atoms with Gasteiger partial charge in [0.1, 0.15) is 5.82 Å². The van der Waals surface area contributed by atoms with Crippen molar-refractivity contribution in [2.45, 2.75) is 31.3 Å². The van der Waals surface area contributed by atoms with E-state index in [0.29, 0.717) is 11.7 Å². The first-order valence-electron chi connectivity index (χ1n) is 5.14. The predicted molar refractivity (Wildman–Crippen MR) is 62.6 cm³/mol.